The van der Waals surface area contributed by atoms with Crippen LogP contribution in [0.3, 0.4) is 0 Å². The number of aliphatic imine (C=N–C) groups is 1. The van der Waals surface area contributed by atoms with Gasteiger partial charge in [0.2, 0.25) is 5.96 Å². The molecule has 5 nitrogen and oxygen atoms in total. The van der Waals surface area contributed by atoms with Crippen LogP contribution in [0, 0.1) is 5.92 Å². The number of nitrogens with zero attached hydrogens (tertiary/aromatic N) is 1. The summed E-state index contributed by atoms with van der Waals surface area (Å²) >= 11 is 0. The summed E-state index contributed by atoms with van der Waals surface area (Å²) in [6, 6.07) is 0. The van der Waals surface area contributed by atoms with Crippen LogP contribution in [0.4, 0.5) is 0 Å². The molecule has 0 spiro atoms. The predicted molar refractivity (Wildman–Crippen MR) is 77.4 cm³/mol. The maximum Gasteiger partial charge on any atom is 0.205 e. The molecule has 0 amide bonds. The quantitative estimate of drug-likeness (QED) is 0.183. The lowest BCUT2D eigenvalue weighted by molar-refractivity contribution is 0.146. The van der Waals surface area contributed by atoms with E-state index in [2.05, 4.69) is 29.6 Å². The van der Waals surface area contributed by atoms with Crippen LogP contribution in [0.1, 0.15) is 46.5 Å². The Bertz CT molecular complexity index is 207. The first-order chi connectivity index (χ1) is 8.70. The number of ether oxygens (including phenoxy) is 1. The Morgan fingerprint density at radius 2 is 2.06 bits per heavy atom. The summed E-state index contributed by atoms with van der Waals surface area (Å²) < 4.78 is 5.24. The molecule has 0 aromatic carbocycles. The van der Waals surface area contributed by atoms with E-state index in [0.29, 0.717) is 5.96 Å². The van der Waals surface area contributed by atoms with E-state index in [1.807, 2.05) is 6.92 Å². The zero-order valence-corrected chi connectivity index (χ0v) is 12.2. The van der Waals surface area contributed by atoms with Crippen molar-refractivity contribution >= 4 is 5.96 Å². The number of nitrogens with two attached hydrogens (primary N) is 1. The summed E-state index contributed by atoms with van der Waals surface area (Å²) in [5.74, 6) is 6.86. The molecule has 0 aromatic rings. The van der Waals surface area contributed by atoms with Gasteiger partial charge < -0.3 is 10.1 Å². The number of nitrogens with one attached hydrogen (secondary N) is 2. The third-order valence-corrected chi connectivity index (χ3v) is 2.56. The van der Waals surface area contributed by atoms with Crippen molar-refractivity contribution in [3.8, 4) is 0 Å². The van der Waals surface area contributed by atoms with E-state index in [1.54, 1.807) is 0 Å². The highest BCUT2D eigenvalue weighted by molar-refractivity contribution is 5.79. The van der Waals surface area contributed by atoms with Crippen LogP contribution in [-0.2, 0) is 4.74 Å². The minimum Gasteiger partial charge on any atom is -0.382 e. The van der Waals surface area contributed by atoms with Crippen molar-refractivity contribution in [3.63, 3.8) is 0 Å². The summed E-state index contributed by atoms with van der Waals surface area (Å²) in [4.78, 5) is 4.34. The highest BCUT2D eigenvalue weighted by Gasteiger charge is 1.97. The molecule has 0 unspecified atom stereocenters. The van der Waals surface area contributed by atoms with Crippen molar-refractivity contribution in [2.75, 3.05) is 26.3 Å². The molecule has 0 aliphatic heterocycles. The van der Waals surface area contributed by atoms with E-state index in [9.17, 15) is 0 Å². The Morgan fingerprint density at radius 3 is 2.67 bits per heavy atom. The number of guanidine groups is 1. The van der Waals surface area contributed by atoms with Crippen LogP contribution in [0.5, 0.6) is 0 Å². The fourth-order valence-electron chi connectivity index (χ4n) is 1.54. The molecule has 0 heterocycles. The molecule has 0 atom stereocenters. The lowest BCUT2D eigenvalue weighted by atomic mass is 10.1. The Hall–Kier alpha value is -0.810. The highest BCUT2D eigenvalue weighted by atomic mass is 16.5. The first-order valence-electron chi connectivity index (χ1n) is 7.03. The molecular weight excluding hydrogens is 228 g/mol. The van der Waals surface area contributed by atoms with E-state index in [1.165, 1.54) is 12.8 Å². The third kappa shape index (κ3) is 11.7. The van der Waals surface area contributed by atoms with Gasteiger partial charge in [-0.3, -0.25) is 10.4 Å². The molecule has 0 radical (unpaired) electrons. The molecule has 0 saturated carbocycles. The van der Waals surface area contributed by atoms with Gasteiger partial charge in [-0.2, -0.15) is 0 Å². The maximum atomic E-state index is 5.40. The van der Waals surface area contributed by atoms with Crippen LogP contribution < -0.4 is 16.6 Å². The van der Waals surface area contributed by atoms with E-state index >= 15 is 0 Å². The Morgan fingerprint density at radius 1 is 1.28 bits per heavy atom. The zero-order valence-electron chi connectivity index (χ0n) is 12.2. The second-order valence-corrected chi connectivity index (χ2v) is 4.74. The molecule has 4 N–H and O–H groups in total. The monoisotopic (exact) mass is 258 g/mol. The van der Waals surface area contributed by atoms with Crippen molar-refractivity contribution in [2.24, 2.45) is 16.8 Å². The van der Waals surface area contributed by atoms with Gasteiger partial charge in [-0.1, -0.05) is 26.7 Å². The molecule has 0 aromatic heterocycles. The number of unbranched alkanes of at least 4 members (excludes halogenated alkanes) is 1. The van der Waals surface area contributed by atoms with E-state index in [-0.39, 0.29) is 0 Å². The van der Waals surface area contributed by atoms with Gasteiger partial charge >= 0.3 is 0 Å². The van der Waals surface area contributed by atoms with Crippen molar-refractivity contribution in [1.82, 2.24) is 10.7 Å². The average Bonchev–Trinajstić information content (AvgIpc) is 2.35. The molecule has 0 bridgehead atoms. The highest BCUT2D eigenvalue weighted by Crippen LogP contribution is 2.04. The summed E-state index contributed by atoms with van der Waals surface area (Å²) in [7, 11) is 0. The van der Waals surface area contributed by atoms with Crippen LogP contribution in [-0.4, -0.2) is 32.3 Å². The van der Waals surface area contributed by atoms with Crippen molar-refractivity contribution in [1.29, 1.82) is 0 Å². The Labute approximate surface area is 112 Å². The molecule has 5 heteroatoms. The molecule has 0 aliphatic carbocycles. The summed E-state index contributed by atoms with van der Waals surface area (Å²) in [6.07, 6.45) is 4.59. The van der Waals surface area contributed by atoms with Crippen LogP contribution in [0.2, 0.25) is 0 Å². The Balaban J connectivity index is 3.53. The minimum atomic E-state index is 0.677. The topological polar surface area (TPSA) is 71.7 Å². The zero-order chi connectivity index (χ0) is 13.6. The largest absolute Gasteiger partial charge is 0.382 e. The molecule has 0 aliphatic rings. The van der Waals surface area contributed by atoms with E-state index in [4.69, 9.17) is 10.6 Å². The van der Waals surface area contributed by atoms with E-state index < -0.39 is 0 Å². The molecule has 0 saturated heterocycles. The van der Waals surface area contributed by atoms with Gasteiger partial charge in [0.1, 0.15) is 0 Å². The second-order valence-electron chi connectivity index (χ2n) is 4.74. The van der Waals surface area contributed by atoms with Gasteiger partial charge in [-0.05, 0) is 25.7 Å². The smallest absolute Gasteiger partial charge is 0.205 e. The van der Waals surface area contributed by atoms with Crippen LogP contribution >= 0.6 is 0 Å². The normalized spacial score (nSPS) is 11.9. The number of hydrazine groups is 1. The minimum absolute atomic E-state index is 0.677. The first kappa shape index (κ1) is 17.2. The number of hydrogen-bond acceptors (Lipinski definition) is 3. The van der Waals surface area contributed by atoms with Crippen molar-refractivity contribution in [3.05, 3.63) is 0 Å². The van der Waals surface area contributed by atoms with Gasteiger partial charge in [0.25, 0.3) is 0 Å². The van der Waals surface area contributed by atoms with Gasteiger partial charge in [0.15, 0.2) is 0 Å². The van der Waals surface area contributed by atoms with E-state index in [0.717, 1.165) is 45.1 Å². The van der Waals surface area contributed by atoms with Gasteiger partial charge in [0.05, 0.1) is 0 Å². The van der Waals surface area contributed by atoms with Crippen LogP contribution in [0.15, 0.2) is 4.99 Å². The fourth-order valence-corrected chi connectivity index (χ4v) is 1.54. The lowest BCUT2D eigenvalue weighted by Crippen LogP contribution is -2.42. The average molecular weight is 258 g/mol. The molecule has 0 fully saturated rings. The van der Waals surface area contributed by atoms with Gasteiger partial charge in [-0.25, -0.2) is 5.84 Å². The molecule has 108 valence electrons. The Kier molecular flexibility index (Phi) is 12.1. The number of hydrogen-bond donors (Lipinski definition) is 3. The lowest BCUT2D eigenvalue weighted by Gasteiger charge is -2.09. The summed E-state index contributed by atoms with van der Waals surface area (Å²) in [5.41, 5.74) is 2.59. The maximum absolute atomic E-state index is 5.40. The van der Waals surface area contributed by atoms with Crippen molar-refractivity contribution in [2.45, 2.75) is 46.5 Å². The third-order valence-electron chi connectivity index (χ3n) is 2.56. The fraction of sp³-hybridized carbons (Fsp3) is 0.923. The molecule has 18 heavy (non-hydrogen) atoms. The standard InChI is InChI=1S/C13H30N4O/c1-4-18-11-7-10-16-13(17-14)15-9-6-5-8-12(2)3/h12H,4-11,14H2,1-3H3,(H2,15,16,17). The molecule has 0 rings (SSSR count). The predicted octanol–water partition coefficient (Wildman–Crippen LogP) is 1.65. The second kappa shape index (κ2) is 12.6. The van der Waals surface area contributed by atoms with Gasteiger partial charge in [-0.15, -0.1) is 0 Å². The summed E-state index contributed by atoms with van der Waals surface area (Å²) in [6.45, 7) is 9.67. The molecular formula is C13H30N4O. The number of rotatable bonds is 10. The van der Waals surface area contributed by atoms with Crippen molar-refractivity contribution < 1.29 is 4.74 Å². The first-order valence-corrected chi connectivity index (χ1v) is 7.03. The van der Waals surface area contributed by atoms with Crippen LogP contribution in [0.25, 0.3) is 0 Å². The SMILES string of the molecule is CCOCCCN=C(NN)NCCCCC(C)C. The summed E-state index contributed by atoms with van der Waals surface area (Å²) in [5, 5.41) is 3.21. The van der Waals surface area contributed by atoms with Gasteiger partial charge in [0, 0.05) is 26.3 Å².